The molecule has 1 heterocycles. The van der Waals surface area contributed by atoms with Crippen LogP contribution < -0.4 is 10.5 Å². The van der Waals surface area contributed by atoms with Gasteiger partial charge in [0, 0.05) is 24.8 Å². The van der Waals surface area contributed by atoms with Crippen LogP contribution in [0.2, 0.25) is 0 Å². The van der Waals surface area contributed by atoms with Gasteiger partial charge in [-0.25, -0.2) is 13.6 Å². The number of primary sulfonamides is 1. The Balaban J connectivity index is 2.20. The first-order valence-electron chi connectivity index (χ1n) is 6.40. The molecule has 0 atom stereocenters. The Morgan fingerprint density at radius 3 is 2.60 bits per heavy atom. The van der Waals surface area contributed by atoms with Gasteiger partial charge in [-0.3, -0.25) is 4.79 Å². The summed E-state index contributed by atoms with van der Waals surface area (Å²) < 4.78 is 27.9. The van der Waals surface area contributed by atoms with E-state index in [1.54, 1.807) is 13.0 Å². The van der Waals surface area contributed by atoms with Crippen LogP contribution in [0, 0.1) is 6.92 Å². The number of carbonyl (C=O) groups excluding carboxylic acids is 1. The average Bonchev–Trinajstić information content (AvgIpc) is 2.39. The predicted octanol–water partition coefficient (Wildman–Crippen LogP) is 0.551. The van der Waals surface area contributed by atoms with Crippen LogP contribution in [-0.2, 0) is 14.8 Å². The van der Waals surface area contributed by atoms with Crippen molar-refractivity contribution in [1.82, 2.24) is 5.32 Å². The van der Waals surface area contributed by atoms with Gasteiger partial charge in [0.2, 0.25) is 10.0 Å². The quantitative estimate of drug-likeness (QED) is 0.851. The molecule has 1 amide bonds. The number of benzene rings is 1. The second kappa shape index (κ2) is 5.90. The zero-order chi connectivity index (χ0) is 14.8. The van der Waals surface area contributed by atoms with E-state index in [9.17, 15) is 13.2 Å². The molecule has 1 aliphatic rings. The molecule has 1 aromatic carbocycles. The average molecular weight is 298 g/mol. The second-order valence-electron chi connectivity index (χ2n) is 4.88. The number of amides is 1. The molecule has 0 spiro atoms. The van der Waals surface area contributed by atoms with Crippen LogP contribution >= 0.6 is 0 Å². The maximum Gasteiger partial charge on any atom is 0.251 e. The Morgan fingerprint density at radius 2 is 2.00 bits per heavy atom. The lowest BCUT2D eigenvalue weighted by Crippen LogP contribution is -2.39. The van der Waals surface area contributed by atoms with E-state index in [2.05, 4.69) is 5.32 Å². The fraction of sp³-hybridized carbons (Fsp3) is 0.462. The Kier molecular flexibility index (Phi) is 4.42. The van der Waals surface area contributed by atoms with E-state index in [1.165, 1.54) is 12.1 Å². The van der Waals surface area contributed by atoms with E-state index in [0.29, 0.717) is 24.3 Å². The summed E-state index contributed by atoms with van der Waals surface area (Å²) in [5.74, 6) is -0.278. The summed E-state index contributed by atoms with van der Waals surface area (Å²) in [6.45, 7) is 3.01. The Bertz CT molecular complexity index is 607. The van der Waals surface area contributed by atoms with Crippen molar-refractivity contribution in [3.63, 3.8) is 0 Å². The van der Waals surface area contributed by atoms with Gasteiger partial charge >= 0.3 is 0 Å². The van der Waals surface area contributed by atoms with Crippen LogP contribution in [0.15, 0.2) is 23.1 Å². The Labute approximate surface area is 118 Å². The molecule has 0 aromatic heterocycles. The summed E-state index contributed by atoms with van der Waals surface area (Å²) in [6.07, 6.45) is 1.53. The number of sulfonamides is 1. The maximum absolute atomic E-state index is 12.2. The molecule has 110 valence electrons. The van der Waals surface area contributed by atoms with E-state index >= 15 is 0 Å². The minimum absolute atomic E-state index is 0.0553. The molecule has 0 radical (unpaired) electrons. The summed E-state index contributed by atoms with van der Waals surface area (Å²) in [5.41, 5.74) is 1.05. The van der Waals surface area contributed by atoms with Crippen LogP contribution in [-0.4, -0.2) is 33.6 Å². The molecule has 0 unspecified atom stereocenters. The highest BCUT2D eigenvalue weighted by Crippen LogP contribution is 2.15. The van der Waals surface area contributed by atoms with Gasteiger partial charge in [-0.1, -0.05) is 6.07 Å². The van der Waals surface area contributed by atoms with E-state index in [0.717, 1.165) is 12.8 Å². The first-order chi connectivity index (χ1) is 9.38. The van der Waals surface area contributed by atoms with Crippen molar-refractivity contribution >= 4 is 15.9 Å². The number of aryl methyl sites for hydroxylation is 1. The zero-order valence-electron chi connectivity index (χ0n) is 11.3. The third kappa shape index (κ3) is 3.56. The highest BCUT2D eigenvalue weighted by Gasteiger charge is 2.19. The zero-order valence-corrected chi connectivity index (χ0v) is 12.1. The van der Waals surface area contributed by atoms with Crippen molar-refractivity contribution in [2.45, 2.75) is 30.7 Å². The van der Waals surface area contributed by atoms with Gasteiger partial charge in [-0.2, -0.15) is 0 Å². The first kappa shape index (κ1) is 15.0. The van der Waals surface area contributed by atoms with Crippen molar-refractivity contribution in [3.05, 3.63) is 29.3 Å². The van der Waals surface area contributed by atoms with Gasteiger partial charge in [-0.15, -0.1) is 0 Å². The van der Waals surface area contributed by atoms with Crippen molar-refractivity contribution in [2.75, 3.05) is 13.2 Å². The van der Waals surface area contributed by atoms with Gasteiger partial charge in [-0.05, 0) is 37.5 Å². The first-order valence-corrected chi connectivity index (χ1v) is 7.94. The molecule has 2 rings (SSSR count). The largest absolute Gasteiger partial charge is 0.381 e. The molecule has 6 nitrogen and oxygen atoms in total. The van der Waals surface area contributed by atoms with E-state index in [1.807, 2.05) is 0 Å². The second-order valence-corrected chi connectivity index (χ2v) is 6.44. The molecule has 1 fully saturated rings. The van der Waals surface area contributed by atoms with E-state index in [-0.39, 0.29) is 16.8 Å². The molecular weight excluding hydrogens is 280 g/mol. The van der Waals surface area contributed by atoms with Crippen molar-refractivity contribution in [2.24, 2.45) is 5.14 Å². The molecule has 3 N–H and O–H groups in total. The molecule has 0 saturated carbocycles. The Hall–Kier alpha value is -1.44. The monoisotopic (exact) mass is 298 g/mol. The lowest BCUT2D eigenvalue weighted by Gasteiger charge is -2.23. The molecule has 0 bridgehead atoms. The fourth-order valence-corrected chi connectivity index (χ4v) is 2.67. The fourth-order valence-electron chi connectivity index (χ4n) is 2.13. The molecule has 1 aromatic rings. The minimum atomic E-state index is -3.81. The normalized spacial score (nSPS) is 16.9. The number of hydrogen-bond acceptors (Lipinski definition) is 4. The summed E-state index contributed by atoms with van der Waals surface area (Å²) in [4.78, 5) is 12.2. The van der Waals surface area contributed by atoms with Crippen LogP contribution in [0.25, 0.3) is 0 Å². The lowest BCUT2D eigenvalue weighted by atomic mass is 10.1. The Morgan fingerprint density at radius 1 is 1.35 bits per heavy atom. The summed E-state index contributed by atoms with van der Waals surface area (Å²) in [7, 11) is -3.81. The van der Waals surface area contributed by atoms with Crippen molar-refractivity contribution in [3.8, 4) is 0 Å². The summed E-state index contributed by atoms with van der Waals surface area (Å²) in [6, 6.07) is 4.36. The minimum Gasteiger partial charge on any atom is -0.381 e. The summed E-state index contributed by atoms with van der Waals surface area (Å²) in [5, 5.41) is 7.98. The number of nitrogens with one attached hydrogen (secondary N) is 1. The van der Waals surface area contributed by atoms with Gasteiger partial charge < -0.3 is 10.1 Å². The van der Waals surface area contributed by atoms with E-state index < -0.39 is 10.0 Å². The highest BCUT2D eigenvalue weighted by atomic mass is 32.2. The van der Waals surface area contributed by atoms with Crippen LogP contribution in [0.3, 0.4) is 0 Å². The smallest absolute Gasteiger partial charge is 0.251 e. The summed E-state index contributed by atoms with van der Waals surface area (Å²) >= 11 is 0. The molecule has 0 aliphatic carbocycles. The van der Waals surface area contributed by atoms with Gasteiger partial charge in [0.25, 0.3) is 5.91 Å². The third-order valence-electron chi connectivity index (χ3n) is 3.34. The molecule has 1 saturated heterocycles. The highest BCUT2D eigenvalue weighted by molar-refractivity contribution is 7.89. The van der Waals surface area contributed by atoms with Crippen molar-refractivity contribution in [1.29, 1.82) is 0 Å². The molecular formula is C13H18N2O4S. The molecule has 1 aliphatic heterocycles. The van der Waals surface area contributed by atoms with Crippen LogP contribution in [0.1, 0.15) is 28.8 Å². The molecule has 7 heteroatoms. The van der Waals surface area contributed by atoms with Gasteiger partial charge in [0.05, 0.1) is 4.90 Å². The van der Waals surface area contributed by atoms with Gasteiger partial charge in [0.15, 0.2) is 0 Å². The number of carbonyl (C=O) groups is 1. The van der Waals surface area contributed by atoms with Crippen molar-refractivity contribution < 1.29 is 17.9 Å². The number of hydrogen-bond donors (Lipinski definition) is 2. The number of nitrogens with two attached hydrogens (primary N) is 1. The predicted molar refractivity (Wildman–Crippen MR) is 73.9 cm³/mol. The van der Waals surface area contributed by atoms with Gasteiger partial charge in [0.1, 0.15) is 0 Å². The third-order valence-corrected chi connectivity index (χ3v) is 4.25. The topological polar surface area (TPSA) is 98.5 Å². The van der Waals surface area contributed by atoms with Crippen LogP contribution in [0.5, 0.6) is 0 Å². The van der Waals surface area contributed by atoms with Crippen LogP contribution in [0.4, 0.5) is 0 Å². The van der Waals surface area contributed by atoms with E-state index in [4.69, 9.17) is 9.88 Å². The number of rotatable bonds is 3. The SMILES string of the molecule is Cc1ccc(S(N)(=O)=O)cc1C(=O)NC1CCOCC1. The maximum atomic E-state index is 12.2. The molecule has 20 heavy (non-hydrogen) atoms. The lowest BCUT2D eigenvalue weighted by molar-refractivity contribution is 0.0696. The standard InChI is InChI=1S/C13H18N2O4S/c1-9-2-3-11(20(14,17)18)8-12(9)13(16)15-10-4-6-19-7-5-10/h2-3,8,10H,4-7H2,1H3,(H,15,16)(H2,14,17,18). The number of ether oxygens (including phenoxy) is 1.